The minimum atomic E-state index is -5.05. The van der Waals surface area contributed by atoms with Crippen LogP contribution in [-0.2, 0) is 27.7 Å². The lowest BCUT2D eigenvalue weighted by Crippen LogP contribution is -2.54. The number of rotatable bonds is 14. The predicted octanol–water partition coefficient (Wildman–Crippen LogP) is 2.08. The Morgan fingerprint density at radius 3 is 2.22 bits per heavy atom. The van der Waals surface area contributed by atoms with E-state index in [0.29, 0.717) is 12.1 Å². The summed E-state index contributed by atoms with van der Waals surface area (Å²) in [5.41, 5.74) is 5.44. The lowest BCUT2D eigenvalue weighted by Gasteiger charge is -2.38. The van der Waals surface area contributed by atoms with E-state index in [-0.39, 0.29) is 29.6 Å². The smallest absolute Gasteiger partial charge is 0.387 e. The summed E-state index contributed by atoms with van der Waals surface area (Å²) in [4.78, 5) is 65.7. The SMILES string of the molecule is CC[N+](CC)(CC)C[C@H]1O[C@@H](n2cnc3c(=O)[nH]c(N)nc32)[C@H](OCOC(c2ccccc2[N+](=O)[O-])C(C)(C)C)[C@H]1O.O=P(O)(O)OP(=O)(O)O. The molecule has 21 nitrogen and oxygen atoms in total. The number of nitrogens with one attached hydrogen (secondary N) is 1. The quantitative estimate of drug-likeness (QED) is 0.0406. The second-order valence-corrected chi connectivity index (χ2v) is 15.5. The number of aliphatic hydroxyl groups is 1. The first-order chi connectivity index (χ1) is 23.6. The number of phosphoric acid groups is 2. The first-order valence-electron chi connectivity index (χ1n) is 15.8. The minimum absolute atomic E-state index is 0.0498. The number of nitrogen functional groups attached to an aromatic ring is 1. The molecule has 0 amide bonds. The van der Waals surface area contributed by atoms with Gasteiger partial charge in [0.1, 0.15) is 31.6 Å². The third-order valence-corrected chi connectivity index (χ3v) is 10.2. The molecule has 1 aliphatic rings. The number of H-pyrrole nitrogens is 1. The third-order valence-electron chi connectivity index (χ3n) is 8.53. The van der Waals surface area contributed by atoms with Crippen LogP contribution in [0.25, 0.3) is 11.2 Å². The second kappa shape index (κ2) is 16.7. The zero-order chi connectivity index (χ0) is 38.5. The summed E-state index contributed by atoms with van der Waals surface area (Å²) in [7, 11) is -10.1. The van der Waals surface area contributed by atoms with Crippen molar-refractivity contribution in [3.8, 4) is 0 Å². The van der Waals surface area contributed by atoms with Crippen LogP contribution in [0.1, 0.15) is 59.4 Å². The molecule has 1 fully saturated rings. The van der Waals surface area contributed by atoms with Crippen molar-refractivity contribution < 1.29 is 61.7 Å². The Labute approximate surface area is 292 Å². The number of imidazole rings is 1. The number of likely N-dealkylation sites (N-methyl/N-ethyl adjacent to an activating group) is 1. The second-order valence-electron chi connectivity index (χ2n) is 12.8. The van der Waals surface area contributed by atoms with Crippen LogP contribution in [-0.4, -0.2) is 105 Å². The molecule has 3 heterocycles. The number of nitrogens with two attached hydrogens (primary N) is 1. The van der Waals surface area contributed by atoms with Crippen LogP contribution < -0.4 is 11.3 Å². The fourth-order valence-corrected chi connectivity index (χ4v) is 6.96. The first-order valence-corrected chi connectivity index (χ1v) is 18.8. The normalized spacial score (nSPS) is 20.6. The van der Waals surface area contributed by atoms with E-state index in [9.17, 15) is 29.1 Å². The number of hydrogen-bond acceptors (Lipinski definition) is 13. The van der Waals surface area contributed by atoms with Gasteiger partial charge < -0.3 is 49.1 Å². The Balaban J connectivity index is 0.000000688. The van der Waals surface area contributed by atoms with Crippen LogP contribution >= 0.6 is 15.6 Å². The molecule has 5 atom stereocenters. The van der Waals surface area contributed by atoms with E-state index >= 15 is 0 Å². The van der Waals surface area contributed by atoms with Gasteiger partial charge in [0, 0.05) is 6.07 Å². The summed E-state index contributed by atoms with van der Waals surface area (Å²) in [5, 5.41) is 23.3. The highest BCUT2D eigenvalue weighted by Gasteiger charge is 2.49. The summed E-state index contributed by atoms with van der Waals surface area (Å²) >= 11 is 0. The number of para-hydroxylation sites is 1. The topological polar surface area (TPSA) is 305 Å². The van der Waals surface area contributed by atoms with E-state index < -0.39 is 62.2 Å². The van der Waals surface area contributed by atoms with Crippen LogP contribution in [0.4, 0.5) is 11.6 Å². The van der Waals surface area contributed by atoms with Gasteiger partial charge in [-0.05, 0) is 32.3 Å². The van der Waals surface area contributed by atoms with Crippen molar-refractivity contribution in [3.63, 3.8) is 0 Å². The Kier molecular flexibility index (Phi) is 13.8. The van der Waals surface area contributed by atoms with Crippen molar-refractivity contribution in [2.75, 3.05) is 38.7 Å². The largest absolute Gasteiger partial charge is 0.478 e. The van der Waals surface area contributed by atoms with E-state index in [1.54, 1.807) is 18.2 Å². The summed E-state index contributed by atoms with van der Waals surface area (Å²) in [5.74, 6) is -0.0822. The van der Waals surface area contributed by atoms with Crippen molar-refractivity contribution in [2.24, 2.45) is 5.41 Å². The summed E-state index contributed by atoms with van der Waals surface area (Å²) in [6.45, 7) is 14.9. The number of quaternary nitrogens is 1. The highest BCUT2D eigenvalue weighted by Crippen LogP contribution is 2.53. The molecule has 51 heavy (non-hydrogen) atoms. The molecule has 286 valence electrons. The Hall–Kier alpha value is -3.17. The van der Waals surface area contributed by atoms with E-state index in [2.05, 4.69) is 40.0 Å². The van der Waals surface area contributed by atoms with Crippen molar-refractivity contribution in [2.45, 2.75) is 72.2 Å². The van der Waals surface area contributed by atoms with Gasteiger partial charge in [-0.2, -0.15) is 9.29 Å². The highest BCUT2D eigenvalue weighted by molar-refractivity contribution is 7.60. The molecule has 23 heteroatoms. The molecule has 1 unspecified atom stereocenters. The molecule has 3 aromatic rings. The number of anilines is 1. The maximum absolute atomic E-state index is 12.4. The van der Waals surface area contributed by atoms with Gasteiger partial charge in [-0.3, -0.25) is 24.5 Å². The molecule has 0 aliphatic carbocycles. The first kappa shape index (κ1) is 42.2. The molecule has 0 saturated carbocycles. The number of nitro groups is 1. The molecule has 4 rings (SSSR count). The van der Waals surface area contributed by atoms with Crippen LogP contribution in [0.3, 0.4) is 0 Å². The summed E-state index contributed by atoms with van der Waals surface area (Å²) in [6.07, 6.45) is -2.78. The summed E-state index contributed by atoms with van der Waals surface area (Å²) < 4.78 is 43.3. The van der Waals surface area contributed by atoms with Gasteiger partial charge in [0.25, 0.3) is 11.2 Å². The number of aromatic nitrogens is 4. The van der Waals surface area contributed by atoms with Crippen LogP contribution in [0.2, 0.25) is 0 Å². The molecule has 1 aliphatic heterocycles. The van der Waals surface area contributed by atoms with Gasteiger partial charge in [0.2, 0.25) is 5.95 Å². The molecule has 1 aromatic carbocycles. The average molecular weight is 767 g/mol. The number of ether oxygens (including phenoxy) is 3. The third kappa shape index (κ3) is 10.9. The Morgan fingerprint density at radius 1 is 1.12 bits per heavy atom. The zero-order valence-corrected chi connectivity index (χ0v) is 30.7. The molecule has 0 radical (unpaired) electrons. The summed E-state index contributed by atoms with van der Waals surface area (Å²) in [6, 6.07) is 6.45. The van der Waals surface area contributed by atoms with Gasteiger partial charge in [-0.25, -0.2) is 14.1 Å². The molecular formula is C28H46N7O14P2+. The predicted molar refractivity (Wildman–Crippen MR) is 181 cm³/mol. The molecule has 1 saturated heterocycles. The number of hydrogen-bond donors (Lipinski definition) is 7. The van der Waals surface area contributed by atoms with E-state index in [4.69, 9.17) is 39.5 Å². The monoisotopic (exact) mass is 766 g/mol. The van der Waals surface area contributed by atoms with Crippen molar-refractivity contribution in [3.05, 3.63) is 56.6 Å². The standard InChI is InChI=1S/C28H41N7O7.H4O7P2/c1-7-35(8-2,9-3)14-19-21(36)22(26(42-19)33-15-30-20-24(33)31-27(29)32-25(20)37)40-16-41-23(28(4,5)6)17-12-10-11-13-18(17)34(38)39;1-8(2,3)7-9(4,5)6/h10-13,15,19,21-23,26,36H,7-9,14,16H2,1-6H3,(H2-,29,31,32,37);(H2,1,2,3)(H2,4,5,6)/p+1/t19-,21+,22-,23?,26-;/m1./s1. The average Bonchev–Trinajstić information content (AvgIpc) is 3.56. The molecule has 8 N–H and O–H groups in total. The molecule has 0 bridgehead atoms. The maximum atomic E-state index is 12.4. The van der Waals surface area contributed by atoms with Crippen LogP contribution in [0.15, 0.2) is 35.4 Å². The highest BCUT2D eigenvalue weighted by atomic mass is 31.3. The van der Waals surface area contributed by atoms with E-state index in [1.165, 1.54) is 17.0 Å². The Morgan fingerprint density at radius 2 is 1.71 bits per heavy atom. The number of benzene rings is 1. The van der Waals surface area contributed by atoms with Gasteiger partial charge in [-0.1, -0.05) is 32.9 Å². The van der Waals surface area contributed by atoms with Gasteiger partial charge >= 0.3 is 15.6 Å². The fourth-order valence-electron chi connectivity index (χ4n) is 5.85. The maximum Gasteiger partial charge on any atom is 0.478 e. The number of aliphatic hydroxyl groups excluding tert-OH is 1. The Bertz CT molecular complexity index is 1770. The molecule has 0 spiro atoms. The van der Waals surface area contributed by atoms with Crippen LogP contribution in [0.5, 0.6) is 0 Å². The number of nitro benzene ring substituents is 1. The fraction of sp³-hybridized carbons (Fsp3) is 0.607. The number of aromatic amines is 1. The van der Waals surface area contributed by atoms with E-state index in [0.717, 1.165) is 24.1 Å². The number of nitrogens with zero attached hydrogens (tertiary/aromatic N) is 5. The van der Waals surface area contributed by atoms with Crippen molar-refractivity contribution in [1.29, 1.82) is 0 Å². The van der Waals surface area contributed by atoms with Gasteiger partial charge in [-0.15, -0.1) is 0 Å². The lowest BCUT2D eigenvalue weighted by atomic mass is 9.84. The number of fused-ring (bicyclic) bond motifs is 1. The van der Waals surface area contributed by atoms with Crippen LogP contribution in [0, 0.1) is 15.5 Å². The molecule has 2 aromatic heterocycles. The zero-order valence-electron chi connectivity index (χ0n) is 28.9. The molecular weight excluding hydrogens is 720 g/mol. The minimum Gasteiger partial charge on any atom is -0.387 e. The lowest BCUT2D eigenvalue weighted by molar-refractivity contribution is -0.926. The van der Waals surface area contributed by atoms with Gasteiger partial charge in [0.15, 0.2) is 17.4 Å². The van der Waals surface area contributed by atoms with E-state index in [1.807, 2.05) is 20.8 Å². The van der Waals surface area contributed by atoms with Gasteiger partial charge in [0.05, 0.1) is 42.6 Å². The van der Waals surface area contributed by atoms with Crippen molar-refractivity contribution in [1.82, 2.24) is 19.5 Å². The van der Waals surface area contributed by atoms with Crippen molar-refractivity contribution >= 4 is 38.4 Å².